The molecule has 2 aliphatic heterocycles. The smallest absolute Gasteiger partial charge is 0.227 e. The molecule has 3 heterocycles. The number of hydrogen-bond acceptors (Lipinski definition) is 5. The van der Waals surface area contributed by atoms with Gasteiger partial charge < -0.3 is 19.1 Å². The highest BCUT2D eigenvalue weighted by molar-refractivity contribution is 7.10. The summed E-state index contributed by atoms with van der Waals surface area (Å²) in [6.07, 6.45) is 2.09. The molecule has 1 atom stereocenters. The molecule has 6 heteroatoms. The number of rotatable bonds is 5. The minimum atomic E-state index is -0.117. The summed E-state index contributed by atoms with van der Waals surface area (Å²) in [5, 5.41) is 2.06. The molecule has 1 unspecified atom stereocenters. The lowest BCUT2D eigenvalue weighted by molar-refractivity contribution is -0.132. The van der Waals surface area contributed by atoms with Gasteiger partial charge in [-0.15, -0.1) is 11.3 Å². The Kier molecular flexibility index (Phi) is 5.32. The SMILES string of the molecule is COc1cc2c(cc1OC)C(c1cccs1)N(C(=O)Cc1ccc3c(c1)CCO3)CC2. The van der Waals surface area contributed by atoms with Crippen LogP contribution >= 0.6 is 11.3 Å². The Morgan fingerprint density at radius 2 is 1.94 bits per heavy atom. The summed E-state index contributed by atoms with van der Waals surface area (Å²) in [6, 6.07) is 14.2. The third kappa shape index (κ3) is 3.65. The van der Waals surface area contributed by atoms with Gasteiger partial charge in [0.05, 0.1) is 33.3 Å². The Morgan fingerprint density at radius 3 is 2.71 bits per heavy atom. The molecule has 0 bridgehead atoms. The molecule has 0 spiro atoms. The van der Waals surface area contributed by atoms with E-state index in [1.165, 1.54) is 11.1 Å². The first-order chi connectivity index (χ1) is 15.2. The van der Waals surface area contributed by atoms with Crippen LogP contribution in [0.2, 0.25) is 0 Å². The number of nitrogens with zero attached hydrogens (tertiary/aromatic N) is 1. The van der Waals surface area contributed by atoms with Gasteiger partial charge >= 0.3 is 0 Å². The number of thiophene rings is 1. The van der Waals surface area contributed by atoms with Crippen molar-refractivity contribution < 1.29 is 19.0 Å². The predicted molar refractivity (Wildman–Crippen MR) is 120 cm³/mol. The van der Waals surface area contributed by atoms with E-state index in [1.54, 1.807) is 25.6 Å². The molecule has 0 fully saturated rings. The number of carbonyl (C=O) groups is 1. The fourth-order valence-electron chi connectivity index (χ4n) is 4.59. The molecule has 2 aromatic carbocycles. The number of ether oxygens (including phenoxy) is 3. The van der Waals surface area contributed by atoms with Gasteiger partial charge in [-0.05, 0) is 58.3 Å². The van der Waals surface area contributed by atoms with Crippen LogP contribution in [0.25, 0.3) is 0 Å². The van der Waals surface area contributed by atoms with Gasteiger partial charge in [0.2, 0.25) is 5.91 Å². The van der Waals surface area contributed by atoms with Crippen molar-refractivity contribution in [3.05, 3.63) is 75.0 Å². The second kappa shape index (κ2) is 8.27. The molecular formula is C25H25NO4S. The van der Waals surface area contributed by atoms with Gasteiger partial charge in [-0.2, -0.15) is 0 Å². The summed E-state index contributed by atoms with van der Waals surface area (Å²) in [4.78, 5) is 16.7. The van der Waals surface area contributed by atoms with Crippen LogP contribution < -0.4 is 14.2 Å². The molecule has 1 amide bonds. The highest BCUT2D eigenvalue weighted by Gasteiger charge is 2.34. The molecule has 0 radical (unpaired) electrons. The van der Waals surface area contributed by atoms with E-state index in [1.807, 2.05) is 29.2 Å². The maximum atomic E-state index is 13.5. The predicted octanol–water partition coefficient (Wildman–Crippen LogP) is 4.42. The summed E-state index contributed by atoms with van der Waals surface area (Å²) in [7, 11) is 3.30. The van der Waals surface area contributed by atoms with Crippen LogP contribution in [-0.2, 0) is 24.1 Å². The van der Waals surface area contributed by atoms with E-state index in [-0.39, 0.29) is 11.9 Å². The Bertz CT molecular complexity index is 1110. The van der Waals surface area contributed by atoms with Crippen LogP contribution in [0.5, 0.6) is 17.2 Å². The van der Waals surface area contributed by atoms with Crippen molar-refractivity contribution in [2.75, 3.05) is 27.4 Å². The zero-order valence-corrected chi connectivity index (χ0v) is 18.5. The molecule has 5 rings (SSSR count). The Morgan fingerprint density at radius 1 is 1.10 bits per heavy atom. The number of benzene rings is 2. The Labute approximate surface area is 186 Å². The third-order valence-electron chi connectivity index (χ3n) is 6.12. The first-order valence-electron chi connectivity index (χ1n) is 10.5. The van der Waals surface area contributed by atoms with Crippen LogP contribution in [-0.4, -0.2) is 38.2 Å². The van der Waals surface area contributed by atoms with Gasteiger partial charge in [-0.25, -0.2) is 0 Å². The molecule has 3 aromatic rings. The maximum absolute atomic E-state index is 13.5. The molecule has 160 valence electrons. The van der Waals surface area contributed by atoms with Crippen molar-refractivity contribution in [2.24, 2.45) is 0 Å². The minimum Gasteiger partial charge on any atom is -0.493 e. The third-order valence-corrected chi connectivity index (χ3v) is 7.04. The summed E-state index contributed by atoms with van der Waals surface area (Å²) >= 11 is 1.68. The van der Waals surface area contributed by atoms with Crippen molar-refractivity contribution in [3.8, 4) is 17.2 Å². The highest BCUT2D eigenvalue weighted by Crippen LogP contribution is 2.42. The fourth-order valence-corrected chi connectivity index (χ4v) is 5.45. The zero-order valence-electron chi connectivity index (χ0n) is 17.7. The number of methoxy groups -OCH3 is 2. The first-order valence-corrected chi connectivity index (χ1v) is 11.4. The topological polar surface area (TPSA) is 48.0 Å². The summed E-state index contributed by atoms with van der Waals surface area (Å²) < 4.78 is 16.7. The molecule has 5 nitrogen and oxygen atoms in total. The first kappa shape index (κ1) is 19.9. The van der Waals surface area contributed by atoms with Crippen molar-refractivity contribution in [3.63, 3.8) is 0 Å². The van der Waals surface area contributed by atoms with Crippen LogP contribution in [0.4, 0.5) is 0 Å². The average Bonchev–Trinajstić information content (AvgIpc) is 3.49. The minimum absolute atomic E-state index is 0.117. The molecule has 2 aliphatic rings. The van der Waals surface area contributed by atoms with Gasteiger partial charge in [0, 0.05) is 17.8 Å². The average molecular weight is 436 g/mol. The van der Waals surface area contributed by atoms with Gasteiger partial charge in [0.1, 0.15) is 5.75 Å². The molecule has 0 saturated carbocycles. The normalized spacial score (nSPS) is 17.0. The van der Waals surface area contributed by atoms with Crippen molar-refractivity contribution in [1.29, 1.82) is 0 Å². The standard InChI is InChI=1S/C25H25NO4S/c1-28-21-14-17-7-9-26(24(27)13-16-5-6-20-18(12-16)8-10-30-20)25(23-4-3-11-31-23)19(17)15-22(21)29-2/h3-6,11-12,14-15,25H,7-10,13H2,1-2H3. The Hall–Kier alpha value is -2.99. The van der Waals surface area contributed by atoms with Crippen LogP contribution in [0, 0.1) is 0 Å². The maximum Gasteiger partial charge on any atom is 0.227 e. The van der Waals surface area contributed by atoms with E-state index in [0.29, 0.717) is 18.7 Å². The van der Waals surface area contributed by atoms with Gasteiger partial charge in [-0.1, -0.05) is 18.2 Å². The van der Waals surface area contributed by atoms with E-state index in [9.17, 15) is 4.79 Å². The van der Waals surface area contributed by atoms with Crippen molar-refractivity contribution in [2.45, 2.75) is 25.3 Å². The molecule has 1 aromatic heterocycles. The number of amides is 1. The van der Waals surface area contributed by atoms with Crippen LogP contribution in [0.15, 0.2) is 47.8 Å². The van der Waals surface area contributed by atoms with Gasteiger partial charge in [0.25, 0.3) is 0 Å². The van der Waals surface area contributed by atoms with E-state index in [4.69, 9.17) is 14.2 Å². The number of carbonyl (C=O) groups excluding carboxylic acids is 1. The van der Waals surface area contributed by atoms with Crippen LogP contribution in [0.1, 0.15) is 33.2 Å². The lowest BCUT2D eigenvalue weighted by Crippen LogP contribution is -2.41. The quantitative estimate of drug-likeness (QED) is 0.595. The molecule has 0 aliphatic carbocycles. The second-order valence-electron chi connectivity index (χ2n) is 7.88. The second-order valence-corrected chi connectivity index (χ2v) is 8.86. The lowest BCUT2D eigenvalue weighted by atomic mass is 9.90. The fraction of sp³-hybridized carbons (Fsp3) is 0.320. The monoisotopic (exact) mass is 435 g/mol. The zero-order chi connectivity index (χ0) is 21.4. The summed E-state index contributed by atoms with van der Waals surface area (Å²) in [5.74, 6) is 2.50. The summed E-state index contributed by atoms with van der Waals surface area (Å²) in [5.41, 5.74) is 4.55. The van der Waals surface area contributed by atoms with E-state index in [2.05, 4.69) is 23.6 Å². The van der Waals surface area contributed by atoms with Crippen molar-refractivity contribution in [1.82, 2.24) is 4.90 Å². The van der Waals surface area contributed by atoms with Crippen LogP contribution in [0.3, 0.4) is 0 Å². The largest absolute Gasteiger partial charge is 0.493 e. The Balaban J connectivity index is 1.49. The molecule has 31 heavy (non-hydrogen) atoms. The number of fused-ring (bicyclic) bond motifs is 2. The van der Waals surface area contributed by atoms with Crippen molar-refractivity contribution >= 4 is 17.2 Å². The lowest BCUT2D eigenvalue weighted by Gasteiger charge is -2.37. The van der Waals surface area contributed by atoms with E-state index >= 15 is 0 Å². The number of hydrogen-bond donors (Lipinski definition) is 0. The van der Waals surface area contributed by atoms with Gasteiger partial charge in [0.15, 0.2) is 11.5 Å². The highest BCUT2D eigenvalue weighted by atomic mass is 32.1. The van der Waals surface area contributed by atoms with E-state index in [0.717, 1.165) is 47.0 Å². The molecule has 0 N–H and O–H groups in total. The van der Waals surface area contributed by atoms with E-state index < -0.39 is 0 Å². The summed E-state index contributed by atoms with van der Waals surface area (Å²) in [6.45, 7) is 1.40. The molecular weight excluding hydrogens is 410 g/mol. The van der Waals surface area contributed by atoms with Gasteiger partial charge in [-0.3, -0.25) is 4.79 Å². The molecule has 0 saturated heterocycles.